The van der Waals surface area contributed by atoms with E-state index in [0.717, 1.165) is 43.4 Å². The normalized spacial score (nSPS) is 10.3. The number of amides is 1. The number of nitrogens with one attached hydrogen (secondary N) is 1. The molecule has 0 saturated heterocycles. The van der Waals surface area contributed by atoms with Gasteiger partial charge in [-0.1, -0.05) is 19.3 Å². The molecule has 0 heterocycles. The van der Waals surface area contributed by atoms with E-state index >= 15 is 0 Å². The molecule has 0 fully saturated rings. The zero-order chi connectivity index (χ0) is 16.4. The van der Waals surface area contributed by atoms with Crippen molar-refractivity contribution in [3.63, 3.8) is 0 Å². The van der Waals surface area contributed by atoms with Crippen LogP contribution in [-0.2, 0) is 4.79 Å². The number of aryl methyl sites for hydroxylation is 1. The van der Waals surface area contributed by atoms with Gasteiger partial charge >= 0.3 is 5.97 Å². The summed E-state index contributed by atoms with van der Waals surface area (Å²) in [6.07, 6.45) is 4.82. The highest BCUT2D eigenvalue weighted by Crippen LogP contribution is 2.16. The van der Waals surface area contributed by atoms with Gasteiger partial charge in [0, 0.05) is 18.5 Å². The summed E-state index contributed by atoms with van der Waals surface area (Å²) < 4.78 is 5.12. The lowest BCUT2D eigenvalue weighted by Crippen LogP contribution is -2.25. The van der Waals surface area contributed by atoms with E-state index in [1.807, 2.05) is 13.0 Å². The molecule has 0 aliphatic rings. The van der Waals surface area contributed by atoms with E-state index in [2.05, 4.69) is 5.32 Å². The lowest BCUT2D eigenvalue weighted by molar-refractivity contribution is -0.137. The largest absolute Gasteiger partial charge is 0.497 e. The van der Waals surface area contributed by atoms with Crippen molar-refractivity contribution in [2.24, 2.45) is 0 Å². The molecule has 0 spiro atoms. The van der Waals surface area contributed by atoms with Gasteiger partial charge in [0.15, 0.2) is 0 Å². The van der Waals surface area contributed by atoms with Gasteiger partial charge in [0.25, 0.3) is 5.91 Å². The molecule has 0 bridgehead atoms. The van der Waals surface area contributed by atoms with E-state index in [4.69, 9.17) is 9.84 Å². The number of hydrogen-bond acceptors (Lipinski definition) is 3. The van der Waals surface area contributed by atoms with Gasteiger partial charge in [-0.25, -0.2) is 0 Å². The fourth-order valence-corrected chi connectivity index (χ4v) is 2.25. The third-order valence-electron chi connectivity index (χ3n) is 3.53. The molecule has 1 rings (SSSR count). The average molecular weight is 307 g/mol. The molecule has 0 saturated carbocycles. The maximum absolute atomic E-state index is 12.1. The van der Waals surface area contributed by atoms with Gasteiger partial charge in [-0.15, -0.1) is 0 Å². The third-order valence-corrected chi connectivity index (χ3v) is 3.53. The standard InChI is InChI=1S/C17H25NO4/c1-13-12-14(22-2)9-10-15(13)17(21)18-11-7-5-3-4-6-8-16(19)20/h9-10,12H,3-8,11H2,1-2H3,(H,18,21)(H,19,20). The first-order valence-corrected chi connectivity index (χ1v) is 7.69. The topological polar surface area (TPSA) is 75.6 Å². The summed E-state index contributed by atoms with van der Waals surface area (Å²) >= 11 is 0. The molecule has 0 aliphatic carbocycles. The van der Waals surface area contributed by atoms with Gasteiger partial charge in [-0.3, -0.25) is 9.59 Å². The number of methoxy groups -OCH3 is 1. The molecule has 0 aliphatic heterocycles. The van der Waals surface area contributed by atoms with Gasteiger partial charge in [0.05, 0.1) is 7.11 Å². The SMILES string of the molecule is COc1ccc(C(=O)NCCCCCCCC(=O)O)c(C)c1. The fourth-order valence-electron chi connectivity index (χ4n) is 2.25. The summed E-state index contributed by atoms with van der Waals surface area (Å²) in [6.45, 7) is 2.53. The maximum Gasteiger partial charge on any atom is 0.303 e. The van der Waals surface area contributed by atoms with E-state index in [-0.39, 0.29) is 12.3 Å². The van der Waals surface area contributed by atoms with Crippen LogP contribution in [0.2, 0.25) is 0 Å². The Morgan fingerprint density at radius 1 is 1.14 bits per heavy atom. The van der Waals surface area contributed by atoms with Crippen molar-refractivity contribution in [2.45, 2.75) is 45.4 Å². The molecule has 22 heavy (non-hydrogen) atoms. The van der Waals surface area contributed by atoms with Crippen LogP contribution in [0.15, 0.2) is 18.2 Å². The Bertz CT molecular complexity index is 499. The Balaban J connectivity index is 2.19. The fraction of sp³-hybridized carbons (Fsp3) is 0.529. The molecule has 1 aromatic rings. The van der Waals surface area contributed by atoms with Gasteiger partial charge in [-0.2, -0.15) is 0 Å². The van der Waals surface area contributed by atoms with Crippen molar-refractivity contribution in [3.8, 4) is 5.75 Å². The van der Waals surface area contributed by atoms with Crippen molar-refractivity contribution in [1.82, 2.24) is 5.32 Å². The number of hydrogen-bond donors (Lipinski definition) is 2. The summed E-state index contributed by atoms with van der Waals surface area (Å²) in [6, 6.07) is 5.40. The lowest BCUT2D eigenvalue weighted by Gasteiger charge is -2.09. The predicted octanol–water partition coefficient (Wildman–Crippen LogP) is 3.16. The second-order valence-corrected chi connectivity index (χ2v) is 5.35. The molecular formula is C17H25NO4. The highest BCUT2D eigenvalue weighted by molar-refractivity contribution is 5.95. The Hall–Kier alpha value is -2.04. The van der Waals surface area contributed by atoms with E-state index in [0.29, 0.717) is 12.1 Å². The summed E-state index contributed by atoms with van der Waals surface area (Å²) in [7, 11) is 1.60. The van der Waals surface area contributed by atoms with Gasteiger partial charge in [0.2, 0.25) is 0 Å². The zero-order valence-corrected chi connectivity index (χ0v) is 13.4. The number of benzene rings is 1. The van der Waals surface area contributed by atoms with Crippen molar-refractivity contribution in [1.29, 1.82) is 0 Å². The molecule has 5 nitrogen and oxygen atoms in total. The monoisotopic (exact) mass is 307 g/mol. The summed E-state index contributed by atoms with van der Waals surface area (Å²) in [5.74, 6) is -0.0523. The number of carbonyl (C=O) groups excluding carboxylic acids is 1. The minimum absolute atomic E-state index is 0.0639. The number of carboxylic acid groups (broad SMARTS) is 1. The zero-order valence-electron chi connectivity index (χ0n) is 13.4. The van der Waals surface area contributed by atoms with Crippen molar-refractivity contribution in [2.75, 3.05) is 13.7 Å². The Morgan fingerprint density at radius 3 is 2.45 bits per heavy atom. The molecule has 2 N–H and O–H groups in total. The lowest BCUT2D eigenvalue weighted by atomic mass is 10.1. The molecule has 1 amide bonds. The van der Waals surface area contributed by atoms with Gasteiger partial charge < -0.3 is 15.2 Å². The van der Waals surface area contributed by atoms with Gasteiger partial charge in [-0.05, 0) is 43.5 Å². The van der Waals surface area contributed by atoms with Crippen LogP contribution in [0, 0.1) is 6.92 Å². The molecule has 122 valence electrons. The van der Waals surface area contributed by atoms with Crippen LogP contribution in [0.1, 0.15) is 54.4 Å². The smallest absolute Gasteiger partial charge is 0.303 e. The number of unbranched alkanes of at least 4 members (excludes halogenated alkanes) is 4. The first-order valence-electron chi connectivity index (χ1n) is 7.69. The van der Waals surface area contributed by atoms with E-state index in [9.17, 15) is 9.59 Å². The first-order chi connectivity index (χ1) is 10.5. The van der Waals surface area contributed by atoms with E-state index < -0.39 is 5.97 Å². The molecule has 0 unspecified atom stereocenters. The molecule has 5 heteroatoms. The number of aliphatic carboxylic acids is 1. The number of rotatable bonds is 10. The predicted molar refractivity (Wildman–Crippen MR) is 85.4 cm³/mol. The summed E-state index contributed by atoms with van der Waals surface area (Å²) in [5.41, 5.74) is 1.56. The summed E-state index contributed by atoms with van der Waals surface area (Å²) in [4.78, 5) is 22.4. The molecular weight excluding hydrogens is 282 g/mol. The van der Waals surface area contributed by atoms with Crippen LogP contribution in [0.5, 0.6) is 5.75 Å². The van der Waals surface area contributed by atoms with Crippen LogP contribution < -0.4 is 10.1 Å². The molecule has 0 radical (unpaired) electrons. The van der Waals surface area contributed by atoms with Crippen LogP contribution in [0.3, 0.4) is 0 Å². The highest BCUT2D eigenvalue weighted by atomic mass is 16.5. The average Bonchev–Trinajstić information content (AvgIpc) is 2.49. The second kappa shape index (κ2) is 9.82. The Morgan fingerprint density at radius 2 is 1.82 bits per heavy atom. The highest BCUT2D eigenvalue weighted by Gasteiger charge is 2.08. The van der Waals surface area contributed by atoms with Crippen LogP contribution in [0.4, 0.5) is 0 Å². The number of carboxylic acids is 1. The Labute approximate surface area is 131 Å². The van der Waals surface area contributed by atoms with Crippen molar-refractivity contribution in [3.05, 3.63) is 29.3 Å². The quantitative estimate of drug-likeness (QED) is 0.651. The van der Waals surface area contributed by atoms with Crippen molar-refractivity contribution >= 4 is 11.9 Å². The van der Waals surface area contributed by atoms with Crippen molar-refractivity contribution < 1.29 is 19.4 Å². The molecule has 0 aromatic heterocycles. The van der Waals surface area contributed by atoms with Crippen LogP contribution in [-0.4, -0.2) is 30.6 Å². The van der Waals surface area contributed by atoms with Crippen LogP contribution in [0.25, 0.3) is 0 Å². The molecule has 1 aromatic carbocycles. The Kier molecular flexibility index (Phi) is 8.04. The van der Waals surface area contributed by atoms with E-state index in [1.54, 1.807) is 19.2 Å². The minimum atomic E-state index is -0.734. The second-order valence-electron chi connectivity index (χ2n) is 5.35. The van der Waals surface area contributed by atoms with E-state index in [1.165, 1.54) is 0 Å². The first kappa shape index (κ1) is 18.0. The summed E-state index contributed by atoms with van der Waals surface area (Å²) in [5, 5.41) is 11.4. The number of ether oxygens (including phenoxy) is 1. The van der Waals surface area contributed by atoms with Crippen LogP contribution >= 0.6 is 0 Å². The third kappa shape index (κ3) is 6.61. The number of carbonyl (C=O) groups is 2. The van der Waals surface area contributed by atoms with Gasteiger partial charge in [0.1, 0.15) is 5.75 Å². The molecule has 0 atom stereocenters. The maximum atomic E-state index is 12.1. The minimum Gasteiger partial charge on any atom is -0.497 e.